The summed E-state index contributed by atoms with van der Waals surface area (Å²) in [4.78, 5) is 2.27. The van der Waals surface area contributed by atoms with Crippen molar-refractivity contribution < 1.29 is 0 Å². The van der Waals surface area contributed by atoms with E-state index in [0.29, 0.717) is 0 Å². The molecule has 2 nitrogen and oxygen atoms in total. The van der Waals surface area contributed by atoms with E-state index in [2.05, 4.69) is 43.1 Å². The number of thioether (sulfide) groups is 1. The maximum Gasteiger partial charge on any atom is 0.00662 e. The first-order chi connectivity index (χ1) is 7.22. The molecule has 0 aromatic carbocycles. The largest absolute Gasteiger partial charge is 0.317 e. The Hall–Kier alpha value is 0.270. The minimum Gasteiger partial charge on any atom is -0.317 e. The van der Waals surface area contributed by atoms with Gasteiger partial charge in [-0.1, -0.05) is 0 Å². The minimum atomic E-state index is 0.799. The molecule has 3 heteroatoms. The molecule has 0 radical (unpaired) electrons. The summed E-state index contributed by atoms with van der Waals surface area (Å²) in [6, 6.07) is 0.799. The van der Waals surface area contributed by atoms with E-state index in [-0.39, 0.29) is 0 Å². The quantitative estimate of drug-likeness (QED) is 0.703. The maximum atomic E-state index is 3.39. The molecule has 0 aliphatic heterocycles. The highest BCUT2D eigenvalue weighted by atomic mass is 32.2. The number of hydrogen-bond acceptors (Lipinski definition) is 3. The van der Waals surface area contributed by atoms with E-state index in [0.717, 1.165) is 12.0 Å². The van der Waals surface area contributed by atoms with Gasteiger partial charge < -0.3 is 10.2 Å². The van der Waals surface area contributed by atoms with Gasteiger partial charge in [-0.2, -0.15) is 11.8 Å². The summed E-state index contributed by atoms with van der Waals surface area (Å²) in [5.41, 5.74) is 0. The van der Waals surface area contributed by atoms with E-state index < -0.39 is 0 Å². The van der Waals surface area contributed by atoms with Crippen LogP contribution in [0.15, 0.2) is 0 Å². The van der Waals surface area contributed by atoms with Crippen LogP contribution in [0.1, 0.15) is 25.7 Å². The summed E-state index contributed by atoms with van der Waals surface area (Å²) in [5, 5.41) is 3.39. The lowest BCUT2D eigenvalue weighted by Gasteiger charge is -2.28. The SMILES string of the molecule is CNC1CCC(CSCCN(C)C)CC1. The van der Waals surface area contributed by atoms with Gasteiger partial charge in [-0.25, -0.2) is 0 Å². The second-order valence-corrected chi connectivity index (χ2v) is 6.03. The average molecular weight is 230 g/mol. The van der Waals surface area contributed by atoms with E-state index in [1.54, 1.807) is 0 Å². The molecule has 90 valence electrons. The zero-order valence-electron chi connectivity index (χ0n) is 10.5. The normalized spacial score (nSPS) is 27.2. The van der Waals surface area contributed by atoms with Crippen LogP contribution in [-0.2, 0) is 0 Å². The van der Waals surface area contributed by atoms with Gasteiger partial charge in [0.1, 0.15) is 0 Å². The van der Waals surface area contributed by atoms with Crippen LogP contribution in [0.5, 0.6) is 0 Å². The van der Waals surface area contributed by atoms with Gasteiger partial charge in [-0.15, -0.1) is 0 Å². The van der Waals surface area contributed by atoms with Crippen molar-refractivity contribution in [2.75, 3.05) is 39.2 Å². The summed E-state index contributed by atoms with van der Waals surface area (Å²) in [5.74, 6) is 3.66. The Kier molecular flexibility index (Phi) is 6.69. The smallest absolute Gasteiger partial charge is 0.00662 e. The van der Waals surface area contributed by atoms with Crippen molar-refractivity contribution in [1.29, 1.82) is 0 Å². The second kappa shape index (κ2) is 7.53. The molecule has 15 heavy (non-hydrogen) atoms. The molecule has 1 saturated carbocycles. The van der Waals surface area contributed by atoms with Gasteiger partial charge in [-0.05, 0) is 58.5 Å². The molecule has 0 bridgehead atoms. The number of nitrogens with one attached hydrogen (secondary N) is 1. The Morgan fingerprint density at radius 1 is 1.20 bits per heavy atom. The third kappa shape index (κ3) is 5.79. The summed E-state index contributed by atoms with van der Waals surface area (Å²) in [7, 11) is 6.40. The fraction of sp³-hybridized carbons (Fsp3) is 1.00. The Labute approximate surface area is 99.2 Å². The topological polar surface area (TPSA) is 15.3 Å². The lowest BCUT2D eigenvalue weighted by atomic mass is 9.87. The van der Waals surface area contributed by atoms with Crippen molar-refractivity contribution in [2.24, 2.45) is 5.92 Å². The molecule has 0 heterocycles. The first-order valence-electron chi connectivity index (χ1n) is 6.12. The predicted molar refractivity (Wildman–Crippen MR) is 70.7 cm³/mol. The molecule has 0 amide bonds. The molecule has 0 atom stereocenters. The van der Waals surface area contributed by atoms with Crippen molar-refractivity contribution >= 4 is 11.8 Å². The highest BCUT2D eigenvalue weighted by Gasteiger charge is 2.19. The van der Waals surface area contributed by atoms with Crippen molar-refractivity contribution in [3.8, 4) is 0 Å². The van der Waals surface area contributed by atoms with Crippen molar-refractivity contribution in [2.45, 2.75) is 31.7 Å². The molecule has 1 rings (SSSR count). The van der Waals surface area contributed by atoms with Gasteiger partial charge in [0.2, 0.25) is 0 Å². The van der Waals surface area contributed by atoms with Crippen molar-refractivity contribution in [3.05, 3.63) is 0 Å². The van der Waals surface area contributed by atoms with Gasteiger partial charge in [0.05, 0.1) is 0 Å². The molecular weight excluding hydrogens is 204 g/mol. The Morgan fingerprint density at radius 3 is 2.40 bits per heavy atom. The minimum absolute atomic E-state index is 0.799. The monoisotopic (exact) mass is 230 g/mol. The van der Waals surface area contributed by atoms with Crippen LogP contribution in [-0.4, -0.2) is 50.1 Å². The molecule has 1 aliphatic carbocycles. The van der Waals surface area contributed by atoms with Crippen LogP contribution >= 0.6 is 11.8 Å². The maximum absolute atomic E-state index is 3.39. The standard InChI is InChI=1S/C12H26N2S/c1-13-12-6-4-11(5-7-12)10-15-9-8-14(2)3/h11-13H,4-10H2,1-3H3. The molecule has 0 aromatic heterocycles. The van der Waals surface area contributed by atoms with Crippen LogP contribution in [0.3, 0.4) is 0 Å². The van der Waals surface area contributed by atoms with Crippen LogP contribution < -0.4 is 5.32 Å². The van der Waals surface area contributed by atoms with E-state index in [4.69, 9.17) is 0 Å². The molecule has 0 saturated heterocycles. The van der Waals surface area contributed by atoms with Crippen LogP contribution in [0.4, 0.5) is 0 Å². The molecular formula is C12H26N2S. The van der Waals surface area contributed by atoms with Gasteiger partial charge in [0.25, 0.3) is 0 Å². The second-order valence-electron chi connectivity index (χ2n) is 4.88. The third-order valence-corrected chi connectivity index (χ3v) is 4.47. The molecule has 1 fully saturated rings. The number of nitrogens with zero attached hydrogens (tertiary/aromatic N) is 1. The number of hydrogen-bond donors (Lipinski definition) is 1. The Balaban J connectivity index is 1.99. The van der Waals surface area contributed by atoms with Crippen molar-refractivity contribution in [3.63, 3.8) is 0 Å². The first kappa shape index (κ1) is 13.3. The van der Waals surface area contributed by atoms with Crippen molar-refractivity contribution in [1.82, 2.24) is 10.2 Å². The van der Waals surface area contributed by atoms with Crippen LogP contribution in [0.2, 0.25) is 0 Å². The zero-order chi connectivity index (χ0) is 11.1. The number of rotatable bonds is 6. The fourth-order valence-corrected chi connectivity index (χ4v) is 3.44. The Bertz CT molecular complexity index is 154. The van der Waals surface area contributed by atoms with E-state index in [1.165, 1.54) is 43.7 Å². The summed E-state index contributed by atoms with van der Waals surface area (Å²) >= 11 is 2.13. The van der Waals surface area contributed by atoms with Gasteiger partial charge in [-0.3, -0.25) is 0 Å². The summed E-state index contributed by atoms with van der Waals surface area (Å²) in [6.45, 7) is 1.22. The first-order valence-corrected chi connectivity index (χ1v) is 7.27. The van der Waals surface area contributed by atoms with Gasteiger partial charge in [0.15, 0.2) is 0 Å². The third-order valence-electron chi connectivity index (χ3n) is 3.29. The lowest BCUT2D eigenvalue weighted by Crippen LogP contribution is -2.30. The molecule has 1 aliphatic rings. The fourth-order valence-electron chi connectivity index (χ4n) is 2.11. The van der Waals surface area contributed by atoms with Crippen LogP contribution in [0, 0.1) is 5.92 Å². The summed E-state index contributed by atoms with van der Waals surface area (Å²) in [6.07, 6.45) is 5.63. The average Bonchev–Trinajstić information content (AvgIpc) is 2.25. The molecule has 1 N–H and O–H groups in total. The van der Waals surface area contributed by atoms with Gasteiger partial charge >= 0.3 is 0 Å². The molecule has 0 spiro atoms. The van der Waals surface area contributed by atoms with E-state index in [1.807, 2.05) is 0 Å². The zero-order valence-corrected chi connectivity index (χ0v) is 11.3. The highest BCUT2D eigenvalue weighted by Crippen LogP contribution is 2.26. The summed E-state index contributed by atoms with van der Waals surface area (Å²) < 4.78 is 0. The molecule has 0 aromatic rings. The predicted octanol–water partition coefficient (Wildman–Crippen LogP) is 2.06. The molecule has 0 unspecified atom stereocenters. The lowest BCUT2D eigenvalue weighted by molar-refractivity contribution is 0.323. The van der Waals surface area contributed by atoms with Crippen LogP contribution in [0.25, 0.3) is 0 Å². The highest BCUT2D eigenvalue weighted by molar-refractivity contribution is 7.99. The van der Waals surface area contributed by atoms with E-state index >= 15 is 0 Å². The Morgan fingerprint density at radius 2 is 1.87 bits per heavy atom. The van der Waals surface area contributed by atoms with Gasteiger partial charge in [0, 0.05) is 18.3 Å². The van der Waals surface area contributed by atoms with E-state index in [9.17, 15) is 0 Å².